The quantitative estimate of drug-likeness (QED) is 0.861. The lowest BCUT2D eigenvalue weighted by molar-refractivity contribution is -0.133. The van der Waals surface area contributed by atoms with E-state index >= 15 is 0 Å². The van der Waals surface area contributed by atoms with Crippen molar-refractivity contribution in [3.05, 3.63) is 71.0 Å². The van der Waals surface area contributed by atoms with E-state index in [2.05, 4.69) is 5.32 Å². The van der Waals surface area contributed by atoms with Crippen molar-refractivity contribution in [1.29, 1.82) is 0 Å². The van der Waals surface area contributed by atoms with E-state index in [-0.39, 0.29) is 17.7 Å². The first-order valence-corrected chi connectivity index (χ1v) is 8.65. The molecule has 4 nitrogen and oxygen atoms in total. The molecule has 5 heteroatoms. The van der Waals surface area contributed by atoms with E-state index in [1.54, 1.807) is 11.9 Å². The highest BCUT2D eigenvalue weighted by molar-refractivity contribution is 5.97. The van der Waals surface area contributed by atoms with Gasteiger partial charge >= 0.3 is 0 Å². The Morgan fingerprint density at radius 1 is 1.04 bits per heavy atom. The normalized spacial score (nSPS) is 11.9. The van der Waals surface area contributed by atoms with Crippen LogP contribution in [0.1, 0.15) is 35.3 Å². The molecule has 2 rings (SSSR count). The molecule has 0 aliphatic heterocycles. The predicted octanol–water partition coefficient (Wildman–Crippen LogP) is 3.55. The molecule has 0 radical (unpaired) electrons. The van der Waals surface area contributed by atoms with Gasteiger partial charge in [0.2, 0.25) is 5.91 Å². The fourth-order valence-electron chi connectivity index (χ4n) is 2.62. The van der Waals surface area contributed by atoms with Crippen LogP contribution in [0, 0.1) is 18.7 Å². The highest BCUT2D eigenvalue weighted by atomic mass is 19.1. The summed E-state index contributed by atoms with van der Waals surface area (Å²) in [5, 5.41) is 2.78. The van der Waals surface area contributed by atoms with Crippen molar-refractivity contribution in [1.82, 2.24) is 10.2 Å². The lowest BCUT2D eigenvalue weighted by Crippen LogP contribution is -2.50. The van der Waals surface area contributed by atoms with Crippen LogP contribution in [-0.2, 0) is 11.3 Å². The zero-order valence-electron chi connectivity index (χ0n) is 15.6. The van der Waals surface area contributed by atoms with E-state index in [1.165, 1.54) is 24.3 Å². The second-order valence-corrected chi connectivity index (χ2v) is 6.88. The van der Waals surface area contributed by atoms with Crippen molar-refractivity contribution in [3.63, 3.8) is 0 Å². The maximum Gasteiger partial charge on any atom is 0.251 e. The largest absolute Gasteiger partial charge is 0.340 e. The number of carbonyl (C=O) groups is 2. The minimum Gasteiger partial charge on any atom is -0.340 e. The Hall–Kier alpha value is -2.69. The van der Waals surface area contributed by atoms with E-state index in [0.29, 0.717) is 12.1 Å². The lowest BCUT2D eigenvalue weighted by atomic mass is 10.0. The SMILES string of the molecule is Cc1ccc(CN(C)C(=O)[C@@H](NC(=O)c2ccc(F)cc2)C(C)C)cc1. The summed E-state index contributed by atoms with van der Waals surface area (Å²) in [7, 11) is 1.72. The number of hydrogen-bond acceptors (Lipinski definition) is 2. The molecule has 0 heterocycles. The van der Waals surface area contributed by atoms with Gasteiger partial charge in [-0.15, -0.1) is 0 Å². The molecule has 26 heavy (non-hydrogen) atoms. The Bertz CT molecular complexity index is 755. The molecule has 0 saturated carbocycles. The van der Waals surface area contributed by atoms with Crippen LogP contribution >= 0.6 is 0 Å². The topological polar surface area (TPSA) is 49.4 Å². The molecule has 138 valence electrons. The number of likely N-dealkylation sites (N-methyl/N-ethyl adjacent to an activating group) is 1. The third-order valence-electron chi connectivity index (χ3n) is 4.24. The van der Waals surface area contributed by atoms with Gasteiger partial charge in [0, 0.05) is 19.2 Å². The highest BCUT2D eigenvalue weighted by Crippen LogP contribution is 2.12. The van der Waals surface area contributed by atoms with Gasteiger partial charge in [0.15, 0.2) is 0 Å². The molecule has 0 unspecified atom stereocenters. The zero-order chi connectivity index (χ0) is 19.3. The summed E-state index contributed by atoms with van der Waals surface area (Å²) in [5.41, 5.74) is 2.51. The van der Waals surface area contributed by atoms with Crippen LogP contribution < -0.4 is 5.32 Å². The monoisotopic (exact) mass is 356 g/mol. The van der Waals surface area contributed by atoms with Gasteiger partial charge in [0.1, 0.15) is 11.9 Å². The lowest BCUT2D eigenvalue weighted by Gasteiger charge is -2.27. The maximum absolute atomic E-state index is 13.0. The summed E-state index contributed by atoms with van der Waals surface area (Å²) in [5.74, 6) is -1.03. The van der Waals surface area contributed by atoms with Crippen LogP contribution in [0.2, 0.25) is 0 Å². The Kier molecular flexibility index (Phi) is 6.50. The highest BCUT2D eigenvalue weighted by Gasteiger charge is 2.27. The summed E-state index contributed by atoms with van der Waals surface area (Å²) >= 11 is 0. The molecule has 1 atom stereocenters. The average Bonchev–Trinajstić information content (AvgIpc) is 2.61. The van der Waals surface area contributed by atoms with E-state index in [4.69, 9.17) is 0 Å². The van der Waals surface area contributed by atoms with Gasteiger partial charge in [-0.2, -0.15) is 0 Å². The number of aryl methyl sites for hydroxylation is 1. The van der Waals surface area contributed by atoms with Crippen molar-refractivity contribution < 1.29 is 14.0 Å². The molecule has 2 aromatic carbocycles. The van der Waals surface area contributed by atoms with E-state index in [1.807, 2.05) is 45.0 Å². The van der Waals surface area contributed by atoms with Gasteiger partial charge < -0.3 is 10.2 Å². The van der Waals surface area contributed by atoms with E-state index in [9.17, 15) is 14.0 Å². The van der Waals surface area contributed by atoms with Gasteiger partial charge in [0.25, 0.3) is 5.91 Å². The summed E-state index contributed by atoms with van der Waals surface area (Å²) < 4.78 is 13.0. The number of amides is 2. The van der Waals surface area contributed by atoms with Gasteiger partial charge in [0.05, 0.1) is 0 Å². The fraction of sp³-hybridized carbons (Fsp3) is 0.333. The van der Waals surface area contributed by atoms with Gasteiger partial charge in [-0.05, 0) is 42.7 Å². The number of halogens is 1. The zero-order valence-corrected chi connectivity index (χ0v) is 15.6. The molecule has 0 aromatic heterocycles. The molecule has 2 aromatic rings. The third kappa shape index (κ3) is 5.15. The maximum atomic E-state index is 13.0. The smallest absolute Gasteiger partial charge is 0.251 e. The molecule has 1 N–H and O–H groups in total. The number of hydrogen-bond donors (Lipinski definition) is 1. The average molecular weight is 356 g/mol. The van der Waals surface area contributed by atoms with Crippen molar-refractivity contribution in [2.24, 2.45) is 5.92 Å². The Morgan fingerprint density at radius 3 is 2.15 bits per heavy atom. The van der Waals surface area contributed by atoms with Crippen molar-refractivity contribution in [2.45, 2.75) is 33.4 Å². The minimum atomic E-state index is -0.650. The first-order valence-electron chi connectivity index (χ1n) is 8.65. The number of nitrogens with one attached hydrogen (secondary N) is 1. The number of benzene rings is 2. The van der Waals surface area contributed by atoms with Crippen LogP contribution in [-0.4, -0.2) is 29.8 Å². The first kappa shape index (κ1) is 19.6. The second-order valence-electron chi connectivity index (χ2n) is 6.88. The molecular formula is C21H25FN2O2. The molecule has 0 bridgehead atoms. The Balaban J connectivity index is 2.07. The standard InChI is InChI=1S/C21H25FN2O2/c1-14(2)19(23-20(25)17-9-11-18(22)12-10-17)21(26)24(4)13-16-7-5-15(3)6-8-16/h5-12,14,19H,13H2,1-4H3,(H,23,25)/t19-/m0/s1. The summed E-state index contributed by atoms with van der Waals surface area (Å²) in [6.45, 7) is 6.24. The third-order valence-corrected chi connectivity index (χ3v) is 4.24. The number of carbonyl (C=O) groups excluding carboxylic acids is 2. The van der Waals surface area contributed by atoms with Gasteiger partial charge in [-0.1, -0.05) is 43.7 Å². The summed E-state index contributed by atoms with van der Waals surface area (Å²) in [6.07, 6.45) is 0. The van der Waals surface area contributed by atoms with Crippen LogP contribution in [0.15, 0.2) is 48.5 Å². The molecule has 0 fully saturated rings. The Labute approximate surface area is 154 Å². The number of rotatable bonds is 6. The van der Waals surface area contributed by atoms with Crippen LogP contribution in [0.25, 0.3) is 0 Å². The van der Waals surface area contributed by atoms with Crippen molar-refractivity contribution in [3.8, 4) is 0 Å². The second kappa shape index (κ2) is 8.61. The van der Waals surface area contributed by atoms with Crippen LogP contribution in [0.4, 0.5) is 4.39 Å². The Morgan fingerprint density at radius 2 is 1.62 bits per heavy atom. The summed E-state index contributed by atoms with van der Waals surface area (Å²) in [6, 6.07) is 12.6. The van der Waals surface area contributed by atoms with Gasteiger partial charge in [-0.25, -0.2) is 4.39 Å². The van der Waals surface area contributed by atoms with E-state index in [0.717, 1.165) is 11.1 Å². The minimum absolute atomic E-state index is 0.0765. The molecular weight excluding hydrogens is 331 g/mol. The predicted molar refractivity (Wildman–Crippen MR) is 100 cm³/mol. The van der Waals surface area contributed by atoms with Crippen LogP contribution in [0.5, 0.6) is 0 Å². The van der Waals surface area contributed by atoms with Crippen LogP contribution in [0.3, 0.4) is 0 Å². The van der Waals surface area contributed by atoms with E-state index < -0.39 is 11.9 Å². The first-order chi connectivity index (χ1) is 12.3. The van der Waals surface area contributed by atoms with Crippen molar-refractivity contribution >= 4 is 11.8 Å². The molecule has 0 spiro atoms. The molecule has 2 amide bonds. The van der Waals surface area contributed by atoms with Gasteiger partial charge in [-0.3, -0.25) is 9.59 Å². The number of nitrogens with zero attached hydrogens (tertiary/aromatic N) is 1. The molecule has 0 aliphatic rings. The molecule has 0 aliphatic carbocycles. The van der Waals surface area contributed by atoms with Crippen molar-refractivity contribution in [2.75, 3.05) is 7.05 Å². The fourth-order valence-corrected chi connectivity index (χ4v) is 2.62. The summed E-state index contributed by atoms with van der Waals surface area (Å²) in [4.78, 5) is 26.8. The molecule has 0 saturated heterocycles.